The van der Waals surface area contributed by atoms with Crippen LogP contribution < -0.4 is 10.9 Å². The fourth-order valence-electron chi connectivity index (χ4n) is 2.94. The molecule has 120 valence electrons. The van der Waals surface area contributed by atoms with Crippen molar-refractivity contribution in [1.29, 1.82) is 0 Å². The van der Waals surface area contributed by atoms with E-state index in [1.165, 1.54) is 25.5 Å². The number of H-pyrrole nitrogens is 1. The van der Waals surface area contributed by atoms with E-state index in [0.29, 0.717) is 22.1 Å². The molecule has 1 heterocycles. The molecule has 2 aromatic rings. The zero-order chi connectivity index (χ0) is 16.2. The van der Waals surface area contributed by atoms with Crippen LogP contribution in [-0.4, -0.2) is 27.5 Å². The van der Waals surface area contributed by atoms with Gasteiger partial charge in [-0.2, -0.15) is 0 Å². The number of benzene rings is 1. The molecule has 1 aliphatic rings. The molecule has 1 aliphatic carbocycles. The zero-order valence-electron chi connectivity index (χ0n) is 12.7. The van der Waals surface area contributed by atoms with Crippen LogP contribution in [0.2, 0.25) is 0 Å². The van der Waals surface area contributed by atoms with Crippen molar-refractivity contribution >= 4 is 34.4 Å². The van der Waals surface area contributed by atoms with Crippen LogP contribution in [0, 0.1) is 0 Å². The second-order valence-electron chi connectivity index (χ2n) is 5.80. The van der Waals surface area contributed by atoms with Gasteiger partial charge < -0.3 is 15.4 Å². The Labute approximate surface area is 139 Å². The lowest BCUT2D eigenvalue weighted by atomic mass is 9.96. The van der Waals surface area contributed by atoms with Crippen LogP contribution in [0.3, 0.4) is 0 Å². The molecule has 3 rings (SSSR count). The van der Waals surface area contributed by atoms with Gasteiger partial charge in [0.15, 0.2) is 5.11 Å². The lowest BCUT2D eigenvalue weighted by Crippen LogP contribution is -2.34. The topological polar surface area (TPSA) is 77.5 Å². The van der Waals surface area contributed by atoms with E-state index in [2.05, 4.69) is 15.3 Å². The summed E-state index contributed by atoms with van der Waals surface area (Å²) in [4.78, 5) is 19.0. The second-order valence-corrected chi connectivity index (χ2v) is 6.19. The average Bonchev–Trinajstić information content (AvgIpc) is 2.55. The van der Waals surface area contributed by atoms with Crippen LogP contribution in [-0.2, 0) is 0 Å². The molecule has 0 amide bonds. The first kappa shape index (κ1) is 15.7. The first-order chi connectivity index (χ1) is 11.1. The maximum Gasteiger partial charge on any atom is 0.261 e. The average molecular weight is 329 g/mol. The summed E-state index contributed by atoms with van der Waals surface area (Å²) in [5.41, 5.74) is 0.331. The third-order valence-corrected chi connectivity index (χ3v) is 4.40. The van der Waals surface area contributed by atoms with Crippen LogP contribution in [0.4, 0.5) is 0 Å². The number of nitrogens with one attached hydrogen (secondary N) is 2. The molecule has 0 atom stereocenters. The van der Waals surface area contributed by atoms with Crippen molar-refractivity contribution in [1.82, 2.24) is 10.3 Å². The van der Waals surface area contributed by atoms with Crippen molar-refractivity contribution in [3.05, 3.63) is 40.2 Å². The van der Waals surface area contributed by atoms with Gasteiger partial charge in [-0.1, -0.05) is 31.4 Å². The lowest BCUT2D eigenvalue weighted by molar-refractivity contribution is 0.414. The van der Waals surface area contributed by atoms with Gasteiger partial charge in [0.05, 0.1) is 5.52 Å². The van der Waals surface area contributed by atoms with Crippen molar-refractivity contribution in [2.75, 3.05) is 0 Å². The number of hydrogen-bond acceptors (Lipinski definition) is 3. The van der Waals surface area contributed by atoms with Crippen molar-refractivity contribution in [3.63, 3.8) is 0 Å². The summed E-state index contributed by atoms with van der Waals surface area (Å²) < 4.78 is 0. The van der Waals surface area contributed by atoms with E-state index in [1.807, 2.05) is 0 Å². The molecule has 1 aromatic carbocycles. The van der Waals surface area contributed by atoms with Gasteiger partial charge >= 0.3 is 0 Å². The Balaban J connectivity index is 1.80. The zero-order valence-corrected chi connectivity index (χ0v) is 13.5. The van der Waals surface area contributed by atoms with Gasteiger partial charge in [-0.15, -0.1) is 0 Å². The minimum Gasteiger partial charge on any atom is -0.506 e. The number of aromatic hydroxyl groups is 1. The van der Waals surface area contributed by atoms with Gasteiger partial charge in [0, 0.05) is 17.6 Å². The number of aromatic nitrogens is 1. The molecule has 0 saturated heterocycles. The Kier molecular flexibility index (Phi) is 4.71. The summed E-state index contributed by atoms with van der Waals surface area (Å²) in [6.07, 6.45) is 7.20. The molecule has 3 N–H and O–H groups in total. The summed E-state index contributed by atoms with van der Waals surface area (Å²) in [6.45, 7) is 0. The predicted octanol–water partition coefficient (Wildman–Crippen LogP) is 2.86. The number of hydrogen-bond donors (Lipinski definition) is 3. The standard InChI is InChI=1S/C17H19N3O2S/c21-15-12-8-4-5-9-14(12)20-16(22)13(15)10-18-17(23)19-11-6-2-1-3-7-11/h4-5,8-11H,1-3,6-7H2,(H,19,23)(H2,20,21,22)/b18-10+. The number of thiocarbonyl (C=S) groups is 1. The van der Waals surface area contributed by atoms with Crippen LogP contribution in [0.5, 0.6) is 5.75 Å². The maximum absolute atomic E-state index is 12.1. The van der Waals surface area contributed by atoms with Gasteiger partial charge in [0.1, 0.15) is 11.3 Å². The fraction of sp³-hybridized carbons (Fsp3) is 0.353. The Morgan fingerprint density at radius 3 is 2.83 bits per heavy atom. The van der Waals surface area contributed by atoms with Gasteiger partial charge in [0.2, 0.25) is 0 Å². The van der Waals surface area contributed by atoms with E-state index in [1.54, 1.807) is 24.3 Å². The first-order valence-corrected chi connectivity index (χ1v) is 8.24. The quantitative estimate of drug-likeness (QED) is 0.585. The predicted molar refractivity (Wildman–Crippen MR) is 96.4 cm³/mol. The molecule has 0 spiro atoms. The van der Waals surface area contributed by atoms with Gasteiger partial charge in [0.25, 0.3) is 5.56 Å². The number of pyridine rings is 1. The molecule has 0 radical (unpaired) electrons. The highest BCUT2D eigenvalue weighted by molar-refractivity contribution is 7.80. The fourth-order valence-corrected chi connectivity index (χ4v) is 3.16. The molecular formula is C17H19N3O2S. The second kappa shape index (κ2) is 6.91. The third-order valence-electron chi connectivity index (χ3n) is 4.17. The number of para-hydroxylation sites is 1. The Hall–Kier alpha value is -2.21. The highest BCUT2D eigenvalue weighted by Crippen LogP contribution is 2.23. The highest BCUT2D eigenvalue weighted by Gasteiger charge is 2.14. The van der Waals surface area contributed by atoms with Crippen molar-refractivity contribution < 1.29 is 5.11 Å². The Bertz CT molecular complexity index is 807. The Morgan fingerprint density at radius 1 is 1.30 bits per heavy atom. The van der Waals surface area contributed by atoms with E-state index >= 15 is 0 Å². The van der Waals surface area contributed by atoms with E-state index < -0.39 is 0 Å². The van der Waals surface area contributed by atoms with E-state index in [0.717, 1.165) is 12.8 Å². The number of fused-ring (bicyclic) bond motifs is 1. The van der Waals surface area contributed by atoms with Crippen LogP contribution in [0.25, 0.3) is 10.9 Å². The molecule has 1 fully saturated rings. The third kappa shape index (κ3) is 3.59. The van der Waals surface area contributed by atoms with Crippen LogP contribution in [0.1, 0.15) is 37.7 Å². The summed E-state index contributed by atoms with van der Waals surface area (Å²) in [5, 5.41) is 14.4. The SMILES string of the molecule is O=c1[nH]c2ccccc2c(O)c1/C=N/C(=S)NC1CCCCC1. The molecule has 0 aliphatic heterocycles. The van der Waals surface area contributed by atoms with Crippen molar-refractivity contribution in [2.45, 2.75) is 38.1 Å². The molecule has 23 heavy (non-hydrogen) atoms. The maximum atomic E-state index is 12.1. The molecule has 0 bridgehead atoms. The van der Waals surface area contributed by atoms with Crippen molar-refractivity contribution in [3.8, 4) is 5.75 Å². The lowest BCUT2D eigenvalue weighted by Gasteiger charge is -2.22. The summed E-state index contributed by atoms with van der Waals surface area (Å²) >= 11 is 5.21. The summed E-state index contributed by atoms with van der Waals surface area (Å²) in [6, 6.07) is 7.45. The van der Waals surface area contributed by atoms with Crippen LogP contribution in [0.15, 0.2) is 34.1 Å². The smallest absolute Gasteiger partial charge is 0.261 e. The molecule has 1 aromatic heterocycles. The minimum absolute atomic E-state index is 0.0754. The van der Waals surface area contributed by atoms with Gasteiger partial charge in [-0.25, -0.2) is 4.99 Å². The number of rotatable bonds is 2. The van der Waals surface area contributed by atoms with Gasteiger partial charge in [-0.05, 0) is 37.2 Å². The monoisotopic (exact) mass is 329 g/mol. The normalized spacial score (nSPS) is 16.0. The van der Waals surface area contributed by atoms with E-state index in [-0.39, 0.29) is 16.9 Å². The number of aliphatic imine (C=N–C) groups is 1. The van der Waals surface area contributed by atoms with Crippen molar-refractivity contribution in [2.24, 2.45) is 4.99 Å². The summed E-state index contributed by atoms with van der Waals surface area (Å²) in [7, 11) is 0. The molecule has 5 nitrogen and oxygen atoms in total. The van der Waals surface area contributed by atoms with Gasteiger partial charge in [-0.3, -0.25) is 4.79 Å². The number of nitrogens with zero attached hydrogens (tertiary/aromatic N) is 1. The molecule has 6 heteroatoms. The Morgan fingerprint density at radius 2 is 2.04 bits per heavy atom. The number of aromatic amines is 1. The minimum atomic E-state index is -0.384. The summed E-state index contributed by atoms with van der Waals surface area (Å²) in [5.74, 6) is -0.0754. The van der Waals surface area contributed by atoms with E-state index in [4.69, 9.17) is 12.2 Å². The van der Waals surface area contributed by atoms with E-state index in [9.17, 15) is 9.90 Å². The molecule has 1 saturated carbocycles. The molecule has 0 unspecified atom stereocenters. The first-order valence-electron chi connectivity index (χ1n) is 7.83. The highest BCUT2D eigenvalue weighted by atomic mass is 32.1. The largest absolute Gasteiger partial charge is 0.506 e. The molecular weight excluding hydrogens is 310 g/mol. The van der Waals surface area contributed by atoms with Crippen LogP contribution >= 0.6 is 12.2 Å².